The van der Waals surface area contributed by atoms with Crippen LogP contribution in [0.4, 0.5) is 0 Å². The Morgan fingerprint density at radius 1 is 1.03 bits per heavy atom. The van der Waals surface area contributed by atoms with Crippen molar-refractivity contribution in [3.8, 4) is 17.2 Å². The first-order chi connectivity index (χ1) is 18.4. The van der Waals surface area contributed by atoms with Crippen molar-refractivity contribution >= 4 is 11.7 Å². The summed E-state index contributed by atoms with van der Waals surface area (Å²) < 4.78 is 21.7. The SMILES string of the molecule is CCOC(=O)/C(=C(\N[C@@H](C)c1ccccc1)c1ccc(OC)cc1)[C@H](C[N+](=O)[O-])c1ccc2c(c1)OCO2. The molecule has 198 valence electrons. The molecule has 0 fully saturated rings. The number of rotatable bonds is 11. The zero-order valence-electron chi connectivity index (χ0n) is 21.5. The molecule has 9 heteroatoms. The maximum atomic E-state index is 13.6. The monoisotopic (exact) mass is 518 g/mol. The summed E-state index contributed by atoms with van der Waals surface area (Å²) in [7, 11) is 1.57. The number of nitro groups is 1. The van der Waals surface area contributed by atoms with Crippen molar-refractivity contribution in [3.63, 3.8) is 0 Å². The first kappa shape index (κ1) is 26.5. The molecule has 0 spiro atoms. The molecular formula is C29H30N2O7. The van der Waals surface area contributed by atoms with Crippen LogP contribution in [-0.4, -0.2) is 37.9 Å². The Morgan fingerprint density at radius 3 is 2.39 bits per heavy atom. The summed E-state index contributed by atoms with van der Waals surface area (Å²) in [6.07, 6.45) is 0. The second-order valence-corrected chi connectivity index (χ2v) is 8.69. The molecule has 9 nitrogen and oxygen atoms in total. The standard InChI is InChI=1S/C29H30N2O7/c1-4-36-29(32)27(24(17-31(33)34)22-12-15-25-26(16-22)38-18-37-25)28(21-10-13-23(35-3)14-11-21)30-19(2)20-8-6-5-7-9-20/h5-16,19,24,30H,4,17-18H2,1-3H3/b28-27-/t19-,24+/m0/s1. The highest BCUT2D eigenvalue weighted by Crippen LogP contribution is 2.39. The van der Waals surface area contributed by atoms with Crippen molar-refractivity contribution in [1.82, 2.24) is 5.32 Å². The summed E-state index contributed by atoms with van der Waals surface area (Å²) >= 11 is 0. The van der Waals surface area contributed by atoms with Crippen LogP contribution in [0.5, 0.6) is 17.2 Å². The van der Waals surface area contributed by atoms with Gasteiger partial charge in [-0.15, -0.1) is 0 Å². The molecule has 0 aromatic heterocycles. The van der Waals surface area contributed by atoms with E-state index in [1.165, 1.54) is 0 Å². The number of esters is 1. The molecule has 3 aromatic rings. The van der Waals surface area contributed by atoms with Crippen LogP contribution in [-0.2, 0) is 9.53 Å². The number of methoxy groups -OCH3 is 1. The van der Waals surface area contributed by atoms with Crippen LogP contribution in [0.2, 0.25) is 0 Å². The Hall–Kier alpha value is -4.53. The topological polar surface area (TPSA) is 109 Å². The van der Waals surface area contributed by atoms with Gasteiger partial charge in [-0.25, -0.2) is 4.79 Å². The molecule has 4 rings (SSSR count). The van der Waals surface area contributed by atoms with E-state index in [9.17, 15) is 14.9 Å². The fraction of sp³-hybridized carbons (Fsp3) is 0.276. The molecule has 38 heavy (non-hydrogen) atoms. The average Bonchev–Trinajstić information content (AvgIpc) is 3.40. The van der Waals surface area contributed by atoms with Crippen LogP contribution in [0.15, 0.2) is 78.4 Å². The lowest BCUT2D eigenvalue weighted by molar-refractivity contribution is -0.481. The van der Waals surface area contributed by atoms with Crippen LogP contribution in [0.1, 0.15) is 42.5 Å². The Morgan fingerprint density at radius 2 is 1.74 bits per heavy atom. The first-order valence-electron chi connectivity index (χ1n) is 12.3. The van der Waals surface area contributed by atoms with E-state index in [4.69, 9.17) is 18.9 Å². The Balaban J connectivity index is 1.93. The molecule has 0 radical (unpaired) electrons. The van der Waals surface area contributed by atoms with E-state index in [1.807, 2.05) is 37.3 Å². The second-order valence-electron chi connectivity index (χ2n) is 8.69. The molecule has 0 saturated carbocycles. The summed E-state index contributed by atoms with van der Waals surface area (Å²) in [5.74, 6) is 0.0679. The molecule has 1 aliphatic heterocycles. The van der Waals surface area contributed by atoms with Crippen molar-refractivity contribution in [2.24, 2.45) is 0 Å². The van der Waals surface area contributed by atoms with Crippen molar-refractivity contribution in [2.45, 2.75) is 25.8 Å². The molecule has 0 amide bonds. The average molecular weight is 519 g/mol. The lowest BCUT2D eigenvalue weighted by atomic mass is 9.87. The van der Waals surface area contributed by atoms with E-state index in [2.05, 4.69) is 5.32 Å². The summed E-state index contributed by atoms with van der Waals surface area (Å²) in [4.78, 5) is 25.1. The molecular weight excluding hydrogens is 488 g/mol. The minimum absolute atomic E-state index is 0.0620. The number of carbonyl (C=O) groups excluding carboxylic acids is 1. The van der Waals surface area contributed by atoms with Gasteiger partial charge < -0.3 is 24.3 Å². The van der Waals surface area contributed by atoms with E-state index in [-0.39, 0.29) is 25.0 Å². The summed E-state index contributed by atoms with van der Waals surface area (Å²) in [5.41, 5.74) is 2.76. The molecule has 0 bridgehead atoms. The molecule has 1 aliphatic rings. The van der Waals surface area contributed by atoms with E-state index >= 15 is 0 Å². The van der Waals surface area contributed by atoms with Gasteiger partial charge in [0.25, 0.3) is 0 Å². The van der Waals surface area contributed by atoms with Gasteiger partial charge in [0.2, 0.25) is 13.3 Å². The van der Waals surface area contributed by atoms with E-state index in [1.54, 1.807) is 56.5 Å². The van der Waals surface area contributed by atoms with E-state index in [0.717, 1.165) is 5.56 Å². The number of carbonyl (C=O) groups is 1. The van der Waals surface area contributed by atoms with Crippen molar-refractivity contribution in [3.05, 3.63) is 105 Å². The zero-order chi connectivity index (χ0) is 27.1. The Labute approximate surface area is 221 Å². The summed E-state index contributed by atoms with van der Waals surface area (Å²) in [6, 6.07) is 21.7. The van der Waals surface area contributed by atoms with Gasteiger partial charge in [0.05, 0.1) is 30.9 Å². The number of nitrogens with zero attached hydrogens (tertiary/aromatic N) is 1. The molecule has 0 unspecified atom stereocenters. The number of hydrogen-bond donors (Lipinski definition) is 1. The third-order valence-electron chi connectivity index (χ3n) is 6.28. The van der Waals surface area contributed by atoms with Gasteiger partial charge in [0.1, 0.15) is 5.75 Å². The predicted octanol–water partition coefficient (Wildman–Crippen LogP) is 5.11. The minimum atomic E-state index is -0.939. The lowest BCUT2D eigenvalue weighted by Crippen LogP contribution is -2.28. The number of hydrogen-bond acceptors (Lipinski definition) is 8. The van der Waals surface area contributed by atoms with Crippen LogP contribution < -0.4 is 19.5 Å². The van der Waals surface area contributed by atoms with Gasteiger partial charge in [0.15, 0.2) is 11.5 Å². The van der Waals surface area contributed by atoms with Crippen molar-refractivity contribution in [1.29, 1.82) is 0 Å². The zero-order valence-corrected chi connectivity index (χ0v) is 21.5. The highest BCUT2D eigenvalue weighted by molar-refractivity contribution is 5.99. The highest BCUT2D eigenvalue weighted by atomic mass is 16.7. The number of benzene rings is 3. The molecule has 0 aliphatic carbocycles. The van der Waals surface area contributed by atoms with Crippen LogP contribution in [0.3, 0.4) is 0 Å². The van der Waals surface area contributed by atoms with Crippen LogP contribution in [0, 0.1) is 10.1 Å². The largest absolute Gasteiger partial charge is 0.497 e. The molecule has 1 N–H and O–H groups in total. The van der Waals surface area contributed by atoms with E-state index in [0.29, 0.717) is 34.1 Å². The number of fused-ring (bicyclic) bond motifs is 1. The van der Waals surface area contributed by atoms with Gasteiger partial charge in [-0.1, -0.05) is 36.4 Å². The number of ether oxygens (including phenoxy) is 4. The third kappa shape index (κ3) is 6.05. The fourth-order valence-electron chi connectivity index (χ4n) is 4.39. The number of nitrogens with one attached hydrogen (secondary N) is 1. The lowest BCUT2D eigenvalue weighted by Gasteiger charge is -2.25. The van der Waals surface area contributed by atoms with Crippen molar-refractivity contribution in [2.75, 3.05) is 27.1 Å². The Bertz CT molecular complexity index is 1310. The van der Waals surface area contributed by atoms with Crippen LogP contribution >= 0.6 is 0 Å². The van der Waals surface area contributed by atoms with Crippen molar-refractivity contribution < 1.29 is 28.7 Å². The van der Waals surface area contributed by atoms with Gasteiger partial charge in [-0.3, -0.25) is 10.1 Å². The van der Waals surface area contributed by atoms with Gasteiger partial charge in [-0.05, 0) is 66.9 Å². The minimum Gasteiger partial charge on any atom is -0.497 e. The van der Waals surface area contributed by atoms with E-state index < -0.39 is 23.4 Å². The van der Waals surface area contributed by atoms with Gasteiger partial charge in [0, 0.05) is 11.0 Å². The summed E-state index contributed by atoms with van der Waals surface area (Å²) in [6.45, 7) is 3.30. The second kappa shape index (κ2) is 12.1. The fourth-order valence-corrected chi connectivity index (χ4v) is 4.39. The van der Waals surface area contributed by atoms with Gasteiger partial charge >= 0.3 is 5.97 Å². The normalized spacial score (nSPS) is 14.2. The summed E-state index contributed by atoms with van der Waals surface area (Å²) in [5, 5.41) is 15.4. The maximum absolute atomic E-state index is 13.6. The predicted molar refractivity (Wildman–Crippen MR) is 142 cm³/mol. The highest BCUT2D eigenvalue weighted by Gasteiger charge is 2.34. The molecule has 1 heterocycles. The molecule has 0 saturated heterocycles. The van der Waals surface area contributed by atoms with Crippen LogP contribution in [0.25, 0.3) is 5.70 Å². The Kier molecular flexibility index (Phi) is 8.47. The third-order valence-corrected chi connectivity index (χ3v) is 6.28. The molecule has 3 aromatic carbocycles. The first-order valence-corrected chi connectivity index (χ1v) is 12.3. The quantitative estimate of drug-likeness (QED) is 0.161. The maximum Gasteiger partial charge on any atom is 0.337 e. The van der Waals surface area contributed by atoms with Gasteiger partial charge in [-0.2, -0.15) is 0 Å². The molecule has 2 atom stereocenters. The smallest absolute Gasteiger partial charge is 0.337 e.